The van der Waals surface area contributed by atoms with Crippen LogP contribution in [0.4, 0.5) is 5.69 Å². The second-order valence-corrected chi connectivity index (χ2v) is 7.50. The first-order chi connectivity index (χ1) is 12.6. The molecule has 0 atom stereocenters. The lowest BCUT2D eigenvalue weighted by atomic mass is 10.2. The molecule has 0 bridgehead atoms. The number of ether oxygens (including phenoxy) is 1. The molecule has 2 aromatic heterocycles. The highest BCUT2D eigenvalue weighted by Crippen LogP contribution is 2.25. The first-order valence-corrected chi connectivity index (χ1v) is 9.39. The third-order valence-electron chi connectivity index (χ3n) is 4.67. The van der Waals surface area contributed by atoms with Crippen LogP contribution in [0.1, 0.15) is 16.0 Å². The van der Waals surface area contributed by atoms with Gasteiger partial charge >= 0.3 is 0 Å². The average Bonchev–Trinajstić information content (AvgIpc) is 2.97. The molecule has 0 spiro atoms. The van der Waals surface area contributed by atoms with Crippen LogP contribution < -0.4 is 10.5 Å². The summed E-state index contributed by atoms with van der Waals surface area (Å²) in [6.07, 6.45) is 3.17. The molecular formula is C19H20N4O2S. The van der Waals surface area contributed by atoms with E-state index in [1.54, 1.807) is 17.6 Å². The molecule has 1 aromatic carbocycles. The van der Waals surface area contributed by atoms with Crippen molar-refractivity contribution in [3.8, 4) is 0 Å². The standard InChI is InChI=1S/C19H20N4O2S/c1-13-14(2)26-18-17(13)19(24)23(12-20-18)21-11-15-3-5-16(6-4-15)22-7-9-25-10-8-22/h3-6,11-12H,7-10H2,1-2H3/b21-11-. The lowest BCUT2D eigenvalue weighted by Crippen LogP contribution is -2.36. The monoisotopic (exact) mass is 368 g/mol. The molecule has 1 aliphatic heterocycles. The van der Waals surface area contributed by atoms with Crippen LogP contribution in [0.2, 0.25) is 0 Å². The molecule has 1 aliphatic rings. The number of nitrogens with zero attached hydrogens (tertiary/aromatic N) is 4. The van der Waals surface area contributed by atoms with E-state index in [-0.39, 0.29) is 5.56 Å². The van der Waals surface area contributed by atoms with E-state index in [1.807, 2.05) is 26.0 Å². The van der Waals surface area contributed by atoms with Gasteiger partial charge in [-0.3, -0.25) is 4.79 Å². The summed E-state index contributed by atoms with van der Waals surface area (Å²) in [7, 11) is 0. The first kappa shape index (κ1) is 16.9. The van der Waals surface area contributed by atoms with Crippen LogP contribution in [0.5, 0.6) is 0 Å². The Balaban J connectivity index is 1.58. The maximum Gasteiger partial charge on any atom is 0.282 e. The highest BCUT2D eigenvalue weighted by Gasteiger charge is 2.12. The van der Waals surface area contributed by atoms with Crippen molar-refractivity contribution in [2.45, 2.75) is 13.8 Å². The number of aryl methyl sites for hydroxylation is 2. The largest absolute Gasteiger partial charge is 0.378 e. The topological polar surface area (TPSA) is 59.7 Å². The maximum absolute atomic E-state index is 12.6. The fourth-order valence-corrected chi connectivity index (χ4v) is 4.02. The normalized spacial score (nSPS) is 15.2. The number of anilines is 1. The summed E-state index contributed by atoms with van der Waals surface area (Å²) in [6, 6.07) is 8.16. The van der Waals surface area contributed by atoms with Gasteiger partial charge in [0.25, 0.3) is 5.56 Å². The molecule has 134 valence electrons. The molecule has 0 N–H and O–H groups in total. The van der Waals surface area contributed by atoms with Crippen molar-refractivity contribution >= 4 is 33.5 Å². The van der Waals surface area contributed by atoms with E-state index in [0.717, 1.165) is 47.1 Å². The van der Waals surface area contributed by atoms with E-state index in [2.05, 4.69) is 27.1 Å². The van der Waals surface area contributed by atoms with Gasteiger partial charge in [0, 0.05) is 23.7 Å². The van der Waals surface area contributed by atoms with E-state index < -0.39 is 0 Å². The van der Waals surface area contributed by atoms with Crippen molar-refractivity contribution in [2.75, 3.05) is 31.2 Å². The highest BCUT2D eigenvalue weighted by molar-refractivity contribution is 7.18. The summed E-state index contributed by atoms with van der Waals surface area (Å²) in [4.78, 5) is 21.2. The van der Waals surface area contributed by atoms with Gasteiger partial charge in [0.1, 0.15) is 11.2 Å². The van der Waals surface area contributed by atoms with E-state index in [4.69, 9.17) is 4.74 Å². The third-order valence-corrected chi connectivity index (χ3v) is 5.79. The van der Waals surface area contributed by atoms with E-state index >= 15 is 0 Å². The number of hydrogen-bond donors (Lipinski definition) is 0. The van der Waals surface area contributed by atoms with Gasteiger partial charge in [-0.2, -0.15) is 9.78 Å². The first-order valence-electron chi connectivity index (χ1n) is 8.58. The van der Waals surface area contributed by atoms with Gasteiger partial charge in [-0.05, 0) is 37.1 Å². The van der Waals surface area contributed by atoms with E-state index in [0.29, 0.717) is 5.39 Å². The SMILES string of the molecule is Cc1sc2ncn(/N=C\c3ccc(N4CCOCC4)cc3)c(=O)c2c1C. The molecule has 0 amide bonds. The van der Waals surface area contributed by atoms with E-state index in [1.165, 1.54) is 16.7 Å². The molecule has 0 saturated carbocycles. The second kappa shape index (κ2) is 7.01. The molecule has 0 radical (unpaired) electrons. The Morgan fingerprint density at radius 3 is 2.65 bits per heavy atom. The summed E-state index contributed by atoms with van der Waals surface area (Å²) in [5, 5.41) is 4.97. The molecular weight excluding hydrogens is 348 g/mol. The van der Waals surface area contributed by atoms with Gasteiger partial charge in [0.15, 0.2) is 0 Å². The fraction of sp³-hybridized carbons (Fsp3) is 0.316. The molecule has 1 saturated heterocycles. The van der Waals surface area contributed by atoms with Gasteiger partial charge in [0.05, 0.1) is 24.8 Å². The minimum atomic E-state index is -0.127. The van der Waals surface area contributed by atoms with Crippen LogP contribution in [0.25, 0.3) is 10.2 Å². The van der Waals surface area contributed by atoms with Crippen molar-refractivity contribution in [3.05, 3.63) is 57.0 Å². The zero-order valence-corrected chi connectivity index (χ0v) is 15.6. The number of rotatable bonds is 3. The van der Waals surface area contributed by atoms with Gasteiger partial charge in [0.2, 0.25) is 0 Å². The second-order valence-electron chi connectivity index (χ2n) is 6.29. The van der Waals surface area contributed by atoms with Crippen molar-refractivity contribution < 1.29 is 4.74 Å². The minimum Gasteiger partial charge on any atom is -0.378 e. The Labute approximate surface area is 155 Å². The maximum atomic E-state index is 12.6. The van der Waals surface area contributed by atoms with Gasteiger partial charge in [-0.15, -0.1) is 11.3 Å². The van der Waals surface area contributed by atoms with Crippen LogP contribution in [0, 0.1) is 13.8 Å². The van der Waals surface area contributed by atoms with Gasteiger partial charge < -0.3 is 9.64 Å². The molecule has 7 heteroatoms. The predicted molar refractivity (Wildman–Crippen MR) is 106 cm³/mol. The predicted octanol–water partition coefficient (Wildman–Crippen LogP) is 2.79. The van der Waals surface area contributed by atoms with Crippen LogP contribution in [0.15, 0.2) is 40.5 Å². The Hall–Kier alpha value is -2.51. The summed E-state index contributed by atoms with van der Waals surface area (Å²) in [5.41, 5.74) is 2.97. The molecule has 0 unspecified atom stereocenters. The van der Waals surface area contributed by atoms with Crippen LogP contribution >= 0.6 is 11.3 Å². The minimum absolute atomic E-state index is 0.127. The van der Waals surface area contributed by atoms with Crippen LogP contribution in [-0.4, -0.2) is 42.2 Å². The Kier molecular flexibility index (Phi) is 4.57. The Morgan fingerprint density at radius 2 is 1.92 bits per heavy atom. The summed E-state index contributed by atoms with van der Waals surface area (Å²) >= 11 is 1.54. The van der Waals surface area contributed by atoms with Crippen molar-refractivity contribution in [1.29, 1.82) is 0 Å². The number of aromatic nitrogens is 2. The summed E-state index contributed by atoms with van der Waals surface area (Å²) < 4.78 is 6.69. The number of fused-ring (bicyclic) bond motifs is 1. The summed E-state index contributed by atoms with van der Waals surface area (Å²) in [6.45, 7) is 7.31. The number of hydrogen-bond acceptors (Lipinski definition) is 6. The molecule has 6 nitrogen and oxygen atoms in total. The third kappa shape index (κ3) is 3.15. The van der Waals surface area contributed by atoms with E-state index in [9.17, 15) is 4.79 Å². The van der Waals surface area contributed by atoms with Crippen molar-refractivity contribution in [3.63, 3.8) is 0 Å². The van der Waals surface area contributed by atoms with Crippen LogP contribution in [-0.2, 0) is 4.74 Å². The molecule has 3 heterocycles. The van der Waals surface area contributed by atoms with Crippen LogP contribution in [0.3, 0.4) is 0 Å². The zero-order valence-electron chi connectivity index (χ0n) is 14.8. The molecule has 3 aromatic rings. The lowest BCUT2D eigenvalue weighted by Gasteiger charge is -2.28. The molecule has 4 rings (SSSR count). The Morgan fingerprint density at radius 1 is 1.19 bits per heavy atom. The number of thiophene rings is 1. The molecule has 26 heavy (non-hydrogen) atoms. The number of benzene rings is 1. The lowest BCUT2D eigenvalue weighted by molar-refractivity contribution is 0.122. The summed E-state index contributed by atoms with van der Waals surface area (Å²) in [5.74, 6) is 0. The smallest absolute Gasteiger partial charge is 0.282 e. The quantitative estimate of drug-likeness (QED) is 0.667. The molecule has 0 aliphatic carbocycles. The Bertz CT molecular complexity index is 1010. The molecule has 1 fully saturated rings. The number of morpholine rings is 1. The fourth-order valence-electron chi connectivity index (χ4n) is 3.03. The van der Waals surface area contributed by atoms with Gasteiger partial charge in [-0.25, -0.2) is 4.98 Å². The van der Waals surface area contributed by atoms with Gasteiger partial charge in [-0.1, -0.05) is 12.1 Å². The average molecular weight is 368 g/mol. The van der Waals surface area contributed by atoms with Crippen molar-refractivity contribution in [1.82, 2.24) is 9.66 Å². The highest BCUT2D eigenvalue weighted by atomic mass is 32.1. The van der Waals surface area contributed by atoms with Crippen molar-refractivity contribution in [2.24, 2.45) is 5.10 Å². The zero-order chi connectivity index (χ0) is 18.1.